The number of aliphatic hydroxyl groups excluding tert-OH is 1. The highest BCUT2D eigenvalue weighted by atomic mass is 16.5. The van der Waals surface area contributed by atoms with Gasteiger partial charge in [-0.15, -0.1) is 0 Å². The molecular formula is C12H22N2O5. The maximum Gasteiger partial charge on any atom is 0.328 e. The van der Waals surface area contributed by atoms with Crippen molar-refractivity contribution < 1.29 is 24.5 Å². The SMILES string of the molecule is COCC(NC(=O)N1CCCC(CCO)C1)C(=O)O. The van der Waals surface area contributed by atoms with E-state index < -0.39 is 12.0 Å². The van der Waals surface area contributed by atoms with Crippen molar-refractivity contribution in [2.75, 3.05) is 33.4 Å². The molecule has 7 heteroatoms. The molecule has 0 aromatic rings. The van der Waals surface area contributed by atoms with Crippen LogP contribution in [-0.2, 0) is 9.53 Å². The lowest BCUT2D eigenvalue weighted by Gasteiger charge is -2.33. The van der Waals surface area contributed by atoms with Crippen molar-refractivity contribution in [2.24, 2.45) is 5.92 Å². The number of carbonyl (C=O) groups excluding carboxylic acids is 1. The third-order valence-electron chi connectivity index (χ3n) is 3.27. The molecule has 1 saturated heterocycles. The van der Waals surface area contributed by atoms with Gasteiger partial charge in [0.15, 0.2) is 6.04 Å². The lowest BCUT2D eigenvalue weighted by molar-refractivity contribution is -0.140. The zero-order valence-electron chi connectivity index (χ0n) is 11.2. The summed E-state index contributed by atoms with van der Waals surface area (Å²) in [6, 6.07) is -1.41. The van der Waals surface area contributed by atoms with Crippen LogP contribution in [0.25, 0.3) is 0 Å². The van der Waals surface area contributed by atoms with Gasteiger partial charge in [0.1, 0.15) is 0 Å². The number of ether oxygens (including phenoxy) is 1. The molecule has 2 unspecified atom stereocenters. The van der Waals surface area contributed by atoms with Gasteiger partial charge in [-0.3, -0.25) is 0 Å². The van der Waals surface area contributed by atoms with Gasteiger partial charge in [-0.1, -0.05) is 0 Å². The Hall–Kier alpha value is -1.34. The van der Waals surface area contributed by atoms with Crippen LogP contribution in [0.4, 0.5) is 4.79 Å². The number of rotatable bonds is 6. The molecule has 110 valence electrons. The predicted octanol–water partition coefficient (Wildman–Crippen LogP) is -0.110. The van der Waals surface area contributed by atoms with E-state index in [-0.39, 0.29) is 25.2 Å². The molecule has 2 amide bonds. The van der Waals surface area contributed by atoms with Gasteiger partial charge in [0, 0.05) is 26.8 Å². The zero-order chi connectivity index (χ0) is 14.3. The number of nitrogens with zero attached hydrogens (tertiary/aromatic N) is 1. The Bertz CT molecular complexity index is 308. The topological polar surface area (TPSA) is 99.1 Å². The van der Waals surface area contributed by atoms with Gasteiger partial charge in [-0.25, -0.2) is 9.59 Å². The molecule has 0 radical (unpaired) electrons. The summed E-state index contributed by atoms with van der Waals surface area (Å²) in [5.41, 5.74) is 0. The van der Waals surface area contributed by atoms with Crippen molar-refractivity contribution >= 4 is 12.0 Å². The largest absolute Gasteiger partial charge is 0.480 e. The minimum atomic E-state index is -1.11. The van der Waals surface area contributed by atoms with Crippen LogP contribution in [0.1, 0.15) is 19.3 Å². The summed E-state index contributed by atoms with van der Waals surface area (Å²) >= 11 is 0. The Balaban J connectivity index is 2.49. The first-order valence-corrected chi connectivity index (χ1v) is 6.46. The highest BCUT2D eigenvalue weighted by molar-refractivity contribution is 5.82. The van der Waals surface area contributed by atoms with E-state index in [0.717, 1.165) is 12.8 Å². The van der Waals surface area contributed by atoms with E-state index in [1.165, 1.54) is 7.11 Å². The van der Waals surface area contributed by atoms with Crippen molar-refractivity contribution in [3.05, 3.63) is 0 Å². The molecule has 1 heterocycles. The second-order valence-corrected chi connectivity index (χ2v) is 4.76. The molecule has 1 fully saturated rings. The lowest BCUT2D eigenvalue weighted by Crippen LogP contribution is -2.52. The van der Waals surface area contributed by atoms with Crippen LogP contribution in [0.2, 0.25) is 0 Å². The molecule has 0 aromatic carbocycles. The quantitative estimate of drug-likeness (QED) is 0.627. The number of piperidine rings is 1. The Labute approximate surface area is 112 Å². The molecule has 1 aliphatic rings. The van der Waals surface area contributed by atoms with Crippen LogP contribution in [0.15, 0.2) is 0 Å². The average molecular weight is 274 g/mol. The summed E-state index contributed by atoms with van der Waals surface area (Å²) in [5, 5.41) is 20.3. The van der Waals surface area contributed by atoms with Crippen molar-refractivity contribution in [1.29, 1.82) is 0 Å². The van der Waals surface area contributed by atoms with Crippen molar-refractivity contribution in [3.8, 4) is 0 Å². The number of likely N-dealkylation sites (tertiary alicyclic amines) is 1. The Morgan fingerprint density at radius 2 is 2.26 bits per heavy atom. The number of nitrogens with one attached hydrogen (secondary N) is 1. The molecule has 7 nitrogen and oxygen atoms in total. The minimum absolute atomic E-state index is 0.0605. The number of amides is 2. The molecule has 19 heavy (non-hydrogen) atoms. The predicted molar refractivity (Wildman–Crippen MR) is 67.8 cm³/mol. The van der Waals surface area contributed by atoms with E-state index in [1.54, 1.807) is 4.90 Å². The second kappa shape index (κ2) is 7.96. The highest BCUT2D eigenvalue weighted by Gasteiger charge is 2.27. The number of aliphatic carboxylic acids is 1. The van der Waals surface area contributed by atoms with Crippen molar-refractivity contribution in [1.82, 2.24) is 10.2 Å². The zero-order valence-corrected chi connectivity index (χ0v) is 11.2. The fourth-order valence-electron chi connectivity index (χ4n) is 2.25. The number of methoxy groups -OCH3 is 1. The third kappa shape index (κ3) is 5.04. The van der Waals surface area contributed by atoms with Crippen LogP contribution in [0, 0.1) is 5.92 Å². The highest BCUT2D eigenvalue weighted by Crippen LogP contribution is 2.19. The second-order valence-electron chi connectivity index (χ2n) is 4.76. The van der Waals surface area contributed by atoms with Gasteiger partial charge < -0.3 is 25.2 Å². The Morgan fingerprint density at radius 1 is 1.53 bits per heavy atom. The molecule has 0 spiro atoms. The van der Waals surface area contributed by atoms with Crippen LogP contribution in [0.3, 0.4) is 0 Å². The fraction of sp³-hybridized carbons (Fsp3) is 0.833. The molecule has 2 atom stereocenters. The van der Waals surface area contributed by atoms with E-state index in [4.69, 9.17) is 14.9 Å². The number of carboxylic acid groups (broad SMARTS) is 1. The molecule has 0 bridgehead atoms. The summed E-state index contributed by atoms with van der Waals surface area (Å²) in [6.07, 6.45) is 2.54. The first kappa shape index (κ1) is 15.7. The maximum atomic E-state index is 12.0. The summed E-state index contributed by atoms with van der Waals surface area (Å²) in [7, 11) is 1.39. The molecule has 3 N–H and O–H groups in total. The third-order valence-corrected chi connectivity index (χ3v) is 3.27. The van der Waals surface area contributed by atoms with E-state index in [0.29, 0.717) is 19.5 Å². The monoisotopic (exact) mass is 274 g/mol. The molecule has 0 aromatic heterocycles. The summed E-state index contributed by atoms with van der Waals surface area (Å²) in [5.74, 6) is -0.825. The Kier molecular flexibility index (Phi) is 6.58. The first-order chi connectivity index (χ1) is 9.08. The van der Waals surface area contributed by atoms with Crippen LogP contribution in [-0.4, -0.2) is 66.6 Å². The number of urea groups is 1. The summed E-state index contributed by atoms with van der Waals surface area (Å²) < 4.78 is 4.77. The van der Waals surface area contributed by atoms with Crippen molar-refractivity contribution in [3.63, 3.8) is 0 Å². The van der Waals surface area contributed by atoms with Gasteiger partial charge in [-0.2, -0.15) is 0 Å². The van der Waals surface area contributed by atoms with E-state index in [2.05, 4.69) is 5.32 Å². The smallest absolute Gasteiger partial charge is 0.328 e. The number of carboxylic acids is 1. The maximum absolute atomic E-state index is 12.0. The van der Waals surface area contributed by atoms with Gasteiger partial charge >= 0.3 is 12.0 Å². The van der Waals surface area contributed by atoms with Crippen LogP contribution in [0.5, 0.6) is 0 Å². The molecule has 1 rings (SSSR count). The fourth-order valence-corrected chi connectivity index (χ4v) is 2.25. The van der Waals surface area contributed by atoms with Crippen molar-refractivity contribution in [2.45, 2.75) is 25.3 Å². The normalized spacial score (nSPS) is 20.9. The number of aliphatic hydroxyl groups is 1. The number of carbonyl (C=O) groups is 2. The minimum Gasteiger partial charge on any atom is -0.480 e. The number of hydrogen-bond donors (Lipinski definition) is 3. The van der Waals surface area contributed by atoms with Gasteiger partial charge in [-0.05, 0) is 25.2 Å². The Morgan fingerprint density at radius 3 is 2.84 bits per heavy atom. The van der Waals surface area contributed by atoms with E-state index in [9.17, 15) is 9.59 Å². The van der Waals surface area contributed by atoms with Gasteiger partial charge in [0.25, 0.3) is 0 Å². The molecule has 0 saturated carbocycles. The summed E-state index contributed by atoms with van der Waals surface area (Å²) in [4.78, 5) is 24.5. The van der Waals surface area contributed by atoms with Crippen LogP contribution < -0.4 is 5.32 Å². The van der Waals surface area contributed by atoms with Gasteiger partial charge in [0.2, 0.25) is 0 Å². The first-order valence-electron chi connectivity index (χ1n) is 6.46. The lowest BCUT2D eigenvalue weighted by atomic mass is 9.95. The summed E-state index contributed by atoms with van der Waals surface area (Å²) in [6.45, 7) is 1.23. The molecular weight excluding hydrogens is 252 g/mol. The van der Waals surface area contributed by atoms with E-state index >= 15 is 0 Å². The molecule has 1 aliphatic heterocycles. The number of hydrogen-bond acceptors (Lipinski definition) is 4. The molecule has 0 aliphatic carbocycles. The van der Waals surface area contributed by atoms with Gasteiger partial charge in [0.05, 0.1) is 6.61 Å². The standard InChI is InChI=1S/C12H22N2O5/c1-19-8-10(11(16)17)13-12(18)14-5-2-3-9(7-14)4-6-15/h9-10,15H,2-8H2,1H3,(H,13,18)(H,16,17). The average Bonchev–Trinajstić information content (AvgIpc) is 2.38. The van der Waals surface area contributed by atoms with E-state index in [1.807, 2.05) is 0 Å². The van der Waals surface area contributed by atoms with Crippen LogP contribution >= 0.6 is 0 Å².